The zero-order valence-corrected chi connectivity index (χ0v) is 15.0. The summed E-state index contributed by atoms with van der Waals surface area (Å²) in [5, 5.41) is 2.31. The van der Waals surface area contributed by atoms with E-state index in [-0.39, 0.29) is 23.7 Å². The van der Waals surface area contributed by atoms with E-state index in [0.29, 0.717) is 12.8 Å². The number of nitrogens with zero attached hydrogens (tertiary/aromatic N) is 1. The molecule has 1 atom stereocenters. The molecule has 0 spiro atoms. The minimum Gasteiger partial charge on any atom is -0.323 e. The van der Waals surface area contributed by atoms with Gasteiger partial charge in [-0.1, -0.05) is 0 Å². The minimum absolute atomic E-state index is 0.0684. The van der Waals surface area contributed by atoms with Crippen LogP contribution < -0.4 is 5.32 Å². The van der Waals surface area contributed by atoms with Gasteiger partial charge in [0.05, 0.1) is 16.5 Å². The standard InChI is InChI=1S/C18H17F3N2O3S/c19-13-3-6-15(7-4-13)27(25,26)23-9-1-2-12(11-23)18(24)22-17-10-14(20)5-8-16(17)21/h3-8,10,12H,1-2,9,11H2,(H,22,24)/t12-/m0/s1. The molecule has 1 aliphatic rings. The fourth-order valence-corrected chi connectivity index (χ4v) is 4.48. The van der Waals surface area contributed by atoms with Crippen LogP contribution in [-0.4, -0.2) is 31.7 Å². The molecule has 27 heavy (non-hydrogen) atoms. The number of hydrogen-bond donors (Lipinski definition) is 1. The summed E-state index contributed by atoms with van der Waals surface area (Å²) in [7, 11) is -3.88. The number of hydrogen-bond acceptors (Lipinski definition) is 3. The van der Waals surface area contributed by atoms with E-state index >= 15 is 0 Å². The van der Waals surface area contributed by atoms with E-state index in [9.17, 15) is 26.4 Å². The predicted molar refractivity (Wildman–Crippen MR) is 92.9 cm³/mol. The van der Waals surface area contributed by atoms with E-state index in [4.69, 9.17) is 0 Å². The summed E-state index contributed by atoms with van der Waals surface area (Å²) >= 11 is 0. The second kappa shape index (κ2) is 7.69. The van der Waals surface area contributed by atoms with Gasteiger partial charge in [-0.3, -0.25) is 4.79 Å². The summed E-state index contributed by atoms with van der Waals surface area (Å²) in [5.41, 5.74) is -0.293. The third kappa shape index (κ3) is 4.30. The van der Waals surface area contributed by atoms with Crippen LogP contribution in [0, 0.1) is 23.4 Å². The first-order chi connectivity index (χ1) is 12.8. The van der Waals surface area contributed by atoms with Gasteiger partial charge in [0.25, 0.3) is 0 Å². The summed E-state index contributed by atoms with van der Waals surface area (Å²) in [4.78, 5) is 12.3. The lowest BCUT2D eigenvalue weighted by atomic mass is 9.98. The van der Waals surface area contributed by atoms with Gasteiger partial charge in [-0.2, -0.15) is 4.31 Å². The van der Waals surface area contributed by atoms with Gasteiger partial charge in [0.15, 0.2) is 0 Å². The van der Waals surface area contributed by atoms with Crippen LogP contribution in [0.15, 0.2) is 47.4 Å². The fourth-order valence-electron chi connectivity index (χ4n) is 2.96. The van der Waals surface area contributed by atoms with Crippen LogP contribution in [-0.2, 0) is 14.8 Å². The number of halogens is 3. The Hall–Kier alpha value is -2.39. The quantitative estimate of drug-likeness (QED) is 0.861. The molecule has 5 nitrogen and oxygen atoms in total. The van der Waals surface area contributed by atoms with Crippen molar-refractivity contribution in [2.45, 2.75) is 17.7 Å². The molecule has 1 aliphatic heterocycles. The predicted octanol–water partition coefficient (Wildman–Crippen LogP) is 3.14. The van der Waals surface area contributed by atoms with Gasteiger partial charge in [0, 0.05) is 19.2 Å². The smallest absolute Gasteiger partial charge is 0.243 e. The average Bonchev–Trinajstić information content (AvgIpc) is 2.65. The van der Waals surface area contributed by atoms with Gasteiger partial charge in [-0.15, -0.1) is 0 Å². The van der Waals surface area contributed by atoms with Crippen LogP contribution in [0.1, 0.15) is 12.8 Å². The number of amides is 1. The number of sulfonamides is 1. The Bertz CT molecular complexity index is 949. The largest absolute Gasteiger partial charge is 0.323 e. The van der Waals surface area contributed by atoms with Crippen LogP contribution in [0.3, 0.4) is 0 Å². The molecule has 1 amide bonds. The van der Waals surface area contributed by atoms with Gasteiger partial charge >= 0.3 is 0 Å². The van der Waals surface area contributed by atoms with Gasteiger partial charge in [0.2, 0.25) is 15.9 Å². The minimum atomic E-state index is -3.88. The fraction of sp³-hybridized carbons (Fsp3) is 0.278. The van der Waals surface area contributed by atoms with Gasteiger partial charge in [-0.05, 0) is 49.2 Å². The zero-order chi connectivity index (χ0) is 19.6. The number of carbonyl (C=O) groups is 1. The summed E-state index contributed by atoms with van der Waals surface area (Å²) in [6, 6.07) is 7.12. The highest BCUT2D eigenvalue weighted by molar-refractivity contribution is 7.89. The molecular weight excluding hydrogens is 381 g/mol. The number of carbonyl (C=O) groups excluding carboxylic acids is 1. The molecule has 2 aromatic carbocycles. The van der Waals surface area contributed by atoms with Crippen LogP contribution in [0.4, 0.5) is 18.9 Å². The Morgan fingerprint density at radius 2 is 1.70 bits per heavy atom. The number of benzene rings is 2. The lowest BCUT2D eigenvalue weighted by Gasteiger charge is -2.31. The topological polar surface area (TPSA) is 66.5 Å². The van der Waals surface area contributed by atoms with E-state index < -0.39 is 39.3 Å². The Kier molecular flexibility index (Phi) is 5.52. The van der Waals surface area contributed by atoms with Crippen molar-refractivity contribution in [2.75, 3.05) is 18.4 Å². The highest BCUT2D eigenvalue weighted by atomic mass is 32.2. The maximum atomic E-state index is 13.7. The van der Waals surface area contributed by atoms with Gasteiger partial charge < -0.3 is 5.32 Å². The Balaban J connectivity index is 1.74. The SMILES string of the molecule is O=C(Nc1cc(F)ccc1F)[C@H]1CCCN(S(=O)(=O)c2ccc(F)cc2)C1. The van der Waals surface area contributed by atoms with Gasteiger partial charge in [-0.25, -0.2) is 21.6 Å². The van der Waals surface area contributed by atoms with Crippen LogP contribution >= 0.6 is 0 Å². The number of anilines is 1. The van der Waals surface area contributed by atoms with Crippen molar-refractivity contribution in [3.8, 4) is 0 Å². The number of piperidine rings is 1. The Labute approximate surface area is 154 Å². The molecule has 0 bridgehead atoms. The third-order valence-corrected chi connectivity index (χ3v) is 6.27. The molecular formula is C18H17F3N2O3S. The highest BCUT2D eigenvalue weighted by Crippen LogP contribution is 2.25. The van der Waals surface area contributed by atoms with Crippen LogP contribution in [0.2, 0.25) is 0 Å². The molecule has 144 valence electrons. The van der Waals surface area contributed by atoms with E-state index in [1.165, 1.54) is 0 Å². The molecule has 3 rings (SSSR count). The second-order valence-electron chi connectivity index (χ2n) is 6.27. The Morgan fingerprint density at radius 3 is 2.41 bits per heavy atom. The summed E-state index contributed by atoms with van der Waals surface area (Å²) < 4.78 is 66.5. The molecule has 0 radical (unpaired) electrons. The molecule has 1 fully saturated rings. The third-order valence-electron chi connectivity index (χ3n) is 4.39. The molecule has 0 aromatic heterocycles. The summed E-state index contributed by atoms with van der Waals surface area (Å²) in [6.45, 7) is 0.125. The monoisotopic (exact) mass is 398 g/mol. The molecule has 1 heterocycles. The van der Waals surface area contributed by atoms with E-state index in [2.05, 4.69) is 5.32 Å². The second-order valence-corrected chi connectivity index (χ2v) is 8.21. The van der Waals surface area contributed by atoms with Crippen molar-refractivity contribution >= 4 is 21.6 Å². The first-order valence-electron chi connectivity index (χ1n) is 8.29. The van der Waals surface area contributed by atoms with E-state index in [1.54, 1.807) is 0 Å². The van der Waals surface area contributed by atoms with Crippen molar-refractivity contribution < 1.29 is 26.4 Å². The highest BCUT2D eigenvalue weighted by Gasteiger charge is 2.33. The van der Waals surface area contributed by atoms with E-state index in [0.717, 1.165) is 46.8 Å². The van der Waals surface area contributed by atoms with Crippen molar-refractivity contribution in [3.63, 3.8) is 0 Å². The van der Waals surface area contributed by atoms with E-state index in [1.807, 2.05) is 0 Å². The first-order valence-corrected chi connectivity index (χ1v) is 9.73. The molecule has 0 unspecified atom stereocenters. The van der Waals surface area contributed by atoms with Gasteiger partial charge in [0.1, 0.15) is 17.5 Å². The van der Waals surface area contributed by atoms with Crippen LogP contribution in [0.25, 0.3) is 0 Å². The van der Waals surface area contributed by atoms with Crippen molar-refractivity contribution in [3.05, 3.63) is 59.9 Å². The molecule has 9 heteroatoms. The molecule has 0 saturated carbocycles. The number of nitrogens with one attached hydrogen (secondary N) is 1. The lowest BCUT2D eigenvalue weighted by molar-refractivity contribution is -0.120. The average molecular weight is 398 g/mol. The first kappa shape index (κ1) is 19.4. The van der Waals surface area contributed by atoms with Crippen molar-refractivity contribution in [1.82, 2.24) is 4.31 Å². The summed E-state index contributed by atoms with van der Waals surface area (Å²) in [6.07, 6.45) is 0.850. The summed E-state index contributed by atoms with van der Waals surface area (Å²) in [5.74, 6) is -3.33. The van der Waals surface area contributed by atoms with Crippen molar-refractivity contribution in [1.29, 1.82) is 0 Å². The maximum absolute atomic E-state index is 13.7. The maximum Gasteiger partial charge on any atom is 0.243 e. The lowest BCUT2D eigenvalue weighted by Crippen LogP contribution is -2.43. The number of rotatable bonds is 4. The molecule has 2 aromatic rings. The molecule has 1 N–H and O–H groups in total. The molecule has 0 aliphatic carbocycles. The Morgan fingerprint density at radius 1 is 1.04 bits per heavy atom. The molecule has 1 saturated heterocycles. The van der Waals surface area contributed by atoms with Crippen LogP contribution in [0.5, 0.6) is 0 Å². The normalized spacial score (nSPS) is 18.3. The zero-order valence-electron chi connectivity index (χ0n) is 14.2. The van der Waals surface area contributed by atoms with Crippen molar-refractivity contribution in [2.24, 2.45) is 5.92 Å².